The number of aromatic nitrogens is 2. The summed E-state index contributed by atoms with van der Waals surface area (Å²) in [6.45, 7) is 8.56. The third-order valence-electron chi connectivity index (χ3n) is 9.05. The van der Waals surface area contributed by atoms with E-state index in [1.807, 2.05) is 6.07 Å². The highest BCUT2D eigenvalue weighted by molar-refractivity contribution is 5.91. The molecular weight excluding hydrogens is 517 g/mol. The fourth-order valence-corrected chi connectivity index (χ4v) is 6.74. The molecule has 8 heteroatoms. The summed E-state index contributed by atoms with van der Waals surface area (Å²) in [6.07, 6.45) is 8.83. The third kappa shape index (κ3) is 6.59. The van der Waals surface area contributed by atoms with Crippen molar-refractivity contribution in [1.82, 2.24) is 14.9 Å². The van der Waals surface area contributed by atoms with Crippen LogP contribution < -0.4 is 15.0 Å². The third-order valence-corrected chi connectivity index (χ3v) is 9.05. The van der Waals surface area contributed by atoms with Crippen molar-refractivity contribution in [1.29, 1.82) is 0 Å². The average molecular weight is 562 g/mol. The molecule has 2 saturated heterocycles. The lowest BCUT2D eigenvalue weighted by atomic mass is 10.00. The summed E-state index contributed by atoms with van der Waals surface area (Å²) in [5, 5.41) is 3.93. The molecule has 0 bridgehead atoms. The Balaban J connectivity index is 1.21. The fourth-order valence-electron chi connectivity index (χ4n) is 6.74. The summed E-state index contributed by atoms with van der Waals surface area (Å²) in [7, 11) is 1.69. The first kappa shape index (κ1) is 28.2. The molecule has 1 aromatic carbocycles. The van der Waals surface area contributed by atoms with E-state index in [0.29, 0.717) is 25.1 Å². The van der Waals surface area contributed by atoms with Crippen molar-refractivity contribution in [3.63, 3.8) is 0 Å². The van der Waals surface area contributed by atoms with Crippen molar-refractivity contribution in [2.75, 3.05) is 56.7 Å². The van der Waals surface area contributed by atoms with Crippen LogP contribution in [-0.4, -0.2) is 67.4 Å². The van der Waals surface area contributed by atoms with Gasteiger partial charge in [-0.1, -0.05) is 19.4 Å². The molecule has 41 heavy (non-hydrogen) atoms. The molecule has 1 aliphatic carbocycles. The Morgan fingerprint density at radius 3 is 2.66 bits per heavy atom. The number of fused-ring (bicyclic) bond motifs is 2. The summed E-state index contributed by atoms with van der Waals surface area (Å²) in [5.41, 5.74) is 7.37. The van der Waals surface area contributed by atoms with Gasteiger partial charge in [0.15, 0.2) is 0 Å². The number of benzene rings is 1. The molecule has 0 spiro atoms. The van der Waals surface area contributed by atoms with Gasteiger partial charge in [0.2, 0.25) is 5.88 Å². The van der Waals surface area contributed by atoms with E-state index >= 15 is 0 Å². The monoisotopic (exact) mass is 561 g/mol. The Bertz CT molecular complexity index is 1340. The summed E-state index contributed by atoms with van der Waals surface area (Å²) in [4.78, 5) is 15.0. The number of hydrogen-bond donors (Lipinski definition) is 1. The second kappa shape index (κ2) is 12.9. The summed E-state index contributed by atoms with van der Waals surface area (Å²) >= 11 is 0. The predicted octanol–water partition coefficient (Wildman–Crippen LogP) is 5.99. The van der Waals surface area contributed by atoms with Gasteiger partial charge in [-0.25, -0.2) is 9.37 Å². The van der Waals surface area contributed by atoms with E-state index < -0.39 is 0 Å². The molecule has 0 saturated carbocycles. The number of hydrogen-bond acceptors (Lipinski definition) is 7. The van der Waals surface area contributed by atoms with Gasteiger partial charge in [-0.15, -0.1) is 0 Å². The second-order valence-electron chi connectivity index (χ2n) is 12.1. The van der Waals surface area contributed by atoms with E-state index in [4.69, 9.17) is 19.4 Å². The lowest BCUT2D eigenvalue weighted by Crippen LogP contribution is -2.39. The van der Waals surface area contributed by atoms with Crippen molar-refractivity contribution < 1.29 is 13.9 Å². The minimum absolute atomic E-state index is 0.181. The van der Waals surface area contributed by atoms with Crippen molar-refractivity contribution >= 4 is 22.4 Å². The number of pyridine rings is 2. The van der Waals surface area contributed by atoms with E-state index in [1.54, 1.807) is 19.2 Å². The van der Waals surface area contributed by atoms with Gasteiger partial charge >= 0.3 is 0 Å². The number of nitrogens with zero attached hydrogens (tertiary/aromatic N) is 4. The van der Waals surface area contributed by atoms with Crippen LogP contribution in [0.1, 0.15) is 62.3 Å². The lowest BCUT2D eigenvalue weighted by Gasteiger charge is -2.35. The first-order valence-corrected chi connectivity index (χ1v) is 15.5. The van der Waals surface area contributed by atoms with E-state index in [0.717, 1.165) is 79.2 Å². The number of nitrogens with one attached hydrogen (secondary N) is 1. The highest BCUT2D eigenvalue weighted by Crippen LogP contribution is 2.36. The molecule has 1 unspecified atom stereocenters. The smallest absolute Gasteiger partial charge is 0.219 e. The van der Waals surface area contributed by atoms with Crippen LogP contribution in [0, 0.1) is 11.7 Å². The molecule has 1 N–H and O–H groups in total. The van der Waals surface area contributed by atoms with Crippen LogP contribution in [0.15, 0.2) is 30.3 Å². The Morgan fingerprint density at radius 2 is 1.88 bits per heavy atom. The van der Waals surface area contributed by atoms with E-state index in [-0.39, 0.29) is 5.82 Å². The van der Waals surface area contributed by atoms with Crippen molar-refractivity contribution in [2.45, 2.75) is 70.9 Å². The van der Waals surface area contributed by atoms with E-state index in [1.165, 1.54) is 56.1 Å². The number of rotatable bonds is 9. The SMILES string of the molecule is COc1nc2c(NC3CCN(c4cccc(F)c4)CC3)c3c(nc2cc1COCCN1CCC(C)C1)CCCCC3. The van der Waals surface area contributed by atoms with E-state index in [2.05, 4.69) is 28.1 Å². The minimum Gasteiger partial charge on any atom is -0.481 e. The maximum absolute atomic E-state index is 13.8. The van der Waals surface area contributed by atoms with Crippen LogP contribution in [0.2, 0.25) is 0 Å². The number of halogens is 1. The topological polar surface area (TPSA) is 62.8 Å². The van der Waals surface area contributed by atoms with Crippen LogP contribution in [0.25, 0.3) is 11.0 Å². The number of ether oxygens (including phenoxy) is 2. The Hall–Kier alpha value is -2.97. The van der Waals surface area contributed by atoms with Crippen LogP contribution in [0.4, 0.5) is 15.8 Å². The Labute approximate surface area is 243 Å². The quantitative estimate of drug-likeness (QED) is 0.255. The minimum atomic E-state index is -0.181. The van der Waals surface area contributed by atoms with Crippen molar-refractivity contribution in [3.8, 4) is 5.88 Å². The zero-order valence-corrected chi connectivity index (χ0v) is 24.6. The summed E-state index contributed by atoms with van der Waals surface area (Å²) in [6, 6.07) is 9.38. The Morgan fingerprint density at radius 1 is 1.02 bits per heavy atom. The molecule has 2 fully saturated rings. The van der Waals surface area contributed by atoms with Gasteiger partial charge in [-0.3, -0.25) is 4.98 Å². The molecule has 220 valence electrons. The van der Waals surface area contributed by atoms with Gasteiger partial charge in [-0.05, 0) is 87.2 Å². The molecule has 4 heterocycles. The second-order valence-corrected chi connectivity index (χ2v) is 12.1. The standard InChI is InChI=1S/C33H44FN5O2/c1-23-11-14-38(21-23)17-18-41-22-24-19-30-32(37-33(24)40-2)31(28-9-4-3-5-10-29(28)36-30)35-26-12-15-39(16-13-26)27-8-6-7-25(34)20-27/h6-8,19-20,23,26H,3-5,9-18,21-22H2,1-2H3,(H,35,36). The fraction of sp³-hybridized carbons (Fsp3) is 0.576. The van der Waals surface area contributed by atoms with Crippen LogP contribution in [0.3, 0.4) is 0 Å². The molecule has 6 rings (SSSR count). The number of anilines is 2. The zero-order valence-electron chi connectivity index (χ0n) is 24.6. The lowest BCUT2D eigenvalue weighted by molar-refractivity contribution is 0.0967. The largest absolute Gasteiger partial charge is 0.481 e. The highest BCUT2D eigenvalue weighted by atomic mass is 19.1. The van der Waals surface area contributed by atoms with Crippen molar-refractivity contribution in [2.24, 2.45) is 5.92 Å². The summed E-state index contributed by atoms with van der Waals surface area (Å²) in [5.74, 6) is 1.22. The van der Waals surface area contributed by atoms with Gasteiger partial charge in [0.1, 0.15) is 11.3 Å². The number of aryl methyl sites for hydroxylation is 1. The first-order chi connectivity index (χ1) is 20.1. The molecule has 3 aromatic rings. The Kier molecular flexibility index (Phi) is 8.87. The number of methoxy groups -OCH3 is 1. The molecule has 0 radical (unpaired) electrons. The van der Waals surface area contributed by atoms with Gasteiger partial charge < -0.3 is 24.6 Å². The van der Waals surface area contributed by atoms with Crippen LogP contribution in [-0.2, 0) is 24.2 Å². The van der Waals surface area contributed by atoms with Gasteiger partial charge in [0, 0.05) is 49.2 Å². The van der Waals surface area contributed by atoms with Gasteiger partial charge in [-0.2, -0.15) is 0 Å². The molecule has 2 aromatic heterocycles. The molecule has 3 aliphatic rings. The van der Waals surface area contributed by atoms with Crippen molar-refractivity contribution in [3.05, 3.63) is 53.0 Å². The van der Waals surface area contributed by atoms with Gasteiger partial charge in [0.25, 0.3) is 0 Å². The van der Waals surface area contributed by atoms with Gasteiger partial charge in [0.05, 0.1) is 31.5 Å². The predicted molar refractivity (Wildman–Crippen MR) is 162 cm³/mol. The molecule has 1 atom stereocenters. The highest BCUT2D eigenvalue weighted by Gasteiger charge is 2.25. The van der Waals surface area contributed by atoms with Crippen LogP contribution >= 0.6 is 0 Å². The zero-order chi connectivity index (χ0) is 28.2. The average Bonchev–Trinajstić information content (AvgIpc) is 3.25. The normalized spacial score (nSPS) is 20.3. The number of piperidine rings is 1. The molecule has 0 amide bonds. The summed E-state index contributed by atoms with van der Waals surface area (Å²) < 4.78 is 25.7. The molecule has 7 nitrogen and oxygen atoms in total. The maximum atomic E-state index is 13.8. The maximum Gasteiger partial charge on any atom is 0.219 e. The molecular formula is C33H44FN5O2. The van der Waals surface area contributed by atoms with Crippen LogP contribution in [0.5, 0.6) is 5.88 Å². The number of likely N-dealkylation sites (tertiary alicyclic amines) is 1. The molecule has 2 aliphatic heterocycles. The van der Waals surface area contributed by atoms with E-state index in [9.17, 15) is 4.39 Å². The first-order valence-electron chi connectivity index (χ1n) is 15.5.